The van der Waals surface area contributed by atoms with Gasteiger partial charge in [0.15, 0.2) is 5.96 Å². The van der Waals surface area contributed by atoms with Crippen LogP contribution in [0.2, 0.25) is 0 Å². The standard InChI is InChI=1S/C17H21F3N4OS.HI/c1-4-21-16(23-10-15-11(2)24-12(3)26-15)22-9-13-7-5-6-8-14(13)25-17(18,19)20;/h5-8H,4,9-10H2,1-3H3,(H2,21,22,23);1H. The van der Waals surface area contributed by atoms with Gasteiger partial charge in [-0.25, -0.2) is 9.98 Å². The molecule has 2 aromatic rings. The molecular formula is C17H22F3IN4OS. The van der Waals surface area contributed by atoms with Crippen molar-refractivity contribution in [1.29, 1.82) is 0 Å². The molecule has 1 aromatic carbocycles. The van der Waals surface area contributed by atoms with Gasteiger partial charge in [-0.3, -0.25) is 0 Å². The number of rotatable bonds is 6. The fourth-order valence-electron chi connectivity index (χ4n) is 2.27. The molecule has 0 amide bonds. The topological polar surface area (TPSA) is 58.5 Å². The van der Waals surface area contributed by atoms with Crippen molar-refractivity contribution in [1.82, 2.24) is 15.6 Å². The van der Waals surface area contributed by atoms with Gasteiger partial charge in [-0.15, -0.1) is 48.5 Å². The van der Waals surface area contributed by atoms with Gasteiger partial charge in [-0.2, -0.15) is 0 Å². The molecule has 0 spiro atoms. The summed E-state index contributed by atoms with van der Waals surface area (Å²) >= 11 is 1.60. The van der Waals surface area contributed by atoms with Crippen LogP contribution in [0, 0.1) is 13.8 Å². The Hall–Kier alpha value is -1.56. The van der Waals surface area contributed by atoms with Gasteiger partial charge in [0, 0.05) is 17.0 Å². The molecule has 1 heterocycles. The second kappa shape index (κ2) is 10.7. The summed E-state index contributed by atoms with van der Waals surface area (Å²) in [6.45, 7) is 7.03. The van der Waals surface area contributed by atoms with E-state index in [1.165, 1.54) is 12.1 Å². The van der Waals surface area contributed by atoms with Gasteiger partial charge in [0.25, 0.3) is 0 Å². The summed E-state index contributed by atoms with van der Waals surface area (Å²) in [7, 11) is 0. The van der Waals surface area contributed by atoms with E-state index in [0.29, 0.717) is 24.6 Å². The number of ether oxygens (including phenoxy) is 1. The van der Waals surface area contributed by atoms with E-state index in [2.05, 4.69) is 25.3 Å². The number of alkyl halides is 3. The molecule has 0 saturated carbocycles. The van der Waals surface area contributed by atoms with Crippen molar-refractivity contribution < 1.29 is 17.9 Å². The number of thiazole rings is 1. The second-order valence-corrected chi connectivity index (χ2v) is 6.73. The van der Waals surface area contributed by atoms with Gasteiger partial charge in [0.1, 0.15) is 5.75 Å². The summed E-state index contributed by atoms with van der Waals surface area (Å²) in [5, 5.41) is 7.24. The Balaban J connectivity index is 0.00000364. The quantitative estimate of drug-likeness (QED) is 0.338. The number of aliphatic imine (C=N–C) groups is 1. The predicted octanol–water partition coefficient (Wildman–Crippen LogP) is 4.53. The van der Waals surface area contributed by atoms with Gasteiger partial charge in [-0.05, 0) is 26.8 Å². The van der Waals surface area contributed by atoms with Gasteiger partial charge < -0.3 is 15.4 Å². The maximum atomic E-state index is 12.5. The molecule has 150 valence electrons. The van der Waals surface area contributed by atoms with Crippen molar-refractivity contribution in [3.63, 3.8) is 0 Å². The highest BCUT2D eigenvalue weighted by molar-refractivity contribution is 14.0. The Kier molecular flexibility index (Phi) is 9.30. The lowest BCUT2D eigenvalue weighted by Crippen LogP contribution is -2.36. The SMILES string of the molecule is CCNC(=NCc1ccccc1OC(F)(F)F)NCc1sc(C)nc1C.I. The summed E-state index contributed by atoms with van der Waals surface area (Å²) in [6.07, 6.45) is -4.73. The number of nitrogens with zero attached hydrogens (tertiary/aromatic N) is 2. The Labute approximate surface area is 177 Å². The highest BCUT2D eigenvalue weighted by atomic mass is 127. The van der Waals surface area contributed by atoms with E-state index in [1.807, 2.05) is 20.8 Å². The van der Waals surface area contributed by atoms with Crippen molar-refractivity contribution in [2.45, 2.75) is 40.2 Å². The number of hydrogen-bond donors (Lipinski definition) is 2. The minimum Gasteiger partial charge on any atom is -0.405 e. The monoisotopic (exact) mass is 514 g/mol. The first-order chi connectivity index (χ1) is 12.3. The second-order valence-electron chi connectivity index (χ2n) is 5.45. The molecule has 0 radical (unpaired) electrons. The first-order valence-electron chi connectivity index (χ1n) is 8.07. The molecule has 0 aliphatic rings. The summed E-state index contributed by atoms with van der Waals surface area (Å²) < 4.78 is 41.6. The van der Waals surface area contributed by atoms with E-state index in [1.54, 1.807) is 23.5 Å². The van der Waals surface area contributed by atoms with E-state index in [9.17, 15) is 13.2 Å². The van der Waals surface area contributed by atoms with Crippen molar-refractivity contribution >= 4 is 41.3 Å². The molecular weight excluding hydrogens is 492 g/mol. The number of aryl methyl sites for hydroxylation is 2. The highest BCUT2D eigenvalue weighted by Crippen LogP contribution is 2.26. The van der Waals surface area contributed by atoms with Crippen LogP contribution >= 0.6 is 35.3 Å². The van der Waals surface area contributed by atoms with Crippen LogP contribution in [-0.4, -0.2) is 23.9 Å². The van der Waals surface area contributed by atoms with Gasteiger partial charge >= 0.3 is 6.36 Å². The highest BCUT2D eigenvalue weighted by Gasteiger charge is 2.31. The molecule has 2 rings (SSSR count). The largest absolute Gasteiger partial charge is 0.573 e. The van der Waals surface area contributed by atoms with Gasteiger partial charge in [-0.1, -0.05) is 18.2 Å². The van der Waals surface area contributed by atoms with Crippen molar-refractivity contribution in [2.24, 2.45) is 4.99 Å². The third-order valence-corrected chi connectivity index (χ3v) is 4.44. The molecule has 0 fully saturated rings. The third-order valence-electron chi connectivity index (χ3n) is 3.37. The maximum absolute atomic E-state index is 12.5. The van der Waals surface area contributed by atoms with Crippen molar-refractivity contribution in [3.05, 3.63) is 45.4 Å². The Morgan fingerprint density at radius 2 is 1.93 bits per heavy atom. The van der Waals surface area contributed by atoms with Crippen LogP contribution in [-0.2, 0) is 13.1 Å². The lowest BCUT2D eigenvalue weighted by atomic mass is 10.2. The van der Waals surface area contributed by atoms with Crippen LogP contribution < -0.4 is 15.4 Å². The number of guanidine groups is 1. The van der Waals surface area contributed by atoms with Gasteiger partial charge in [0.2, 0.25) is 0 Å². The molecule has 2 N–H and O–H groups in total. The summed E-state index contributed by atoms with van der Waals surface area (Å²) in [5.41, 5.74) is 1.31. The number of aromatic nitrogens is 1. The fourth-order valence-corrected chi connectivity index (χ4v) is 3.14. The number of hydrogen-bond acceptors (Lipinski definition) is 4. The zero-order valence-electron chi connectivity index (χ0n) is 15.2. The van der Waals surface area contributed by atoms with Gasteiger partial charge in [0.05, 0.1) is 23.8 Å². The van der Waals surface area contributed by atoms with Crippen LogP contribution in [0.15, 0.2) is 29.3 Å². The number of para-hydroxylation sites is 1. The van der Waals surface area contributed by atoms with E-state index >= 15 is 0 Å². The zero-order chi connectivity index (χ0) is 19.2. The Bertz CT molecular complexity index is 765. The Morgan fingerprint density at radius 3 is 2.52 bits per heavy atom. The lowest BCUT2D eigenvalue weighted by Gasteiger charge is -2.13. The van der Waals surface area contributed by atoms with Crippen LogP contribution in [0.3, 0.4) is 0 Å². The molecule has 1 aromatic heterocycles. The third kappa shape index (κ3) is 7.91. The molecule has 0 atom stereocenters. The fraction of sp³-hybridized carbons (Fsp3) is 0.412. The van der Waals surface area contributed by atoms with Crippen molar-refractivity contribution in [2.75, 3.05) is 6.54 Å². The smallest absolute Gasteiger partial charge is 0.405 e. The predicted molar refractivity (Wildman–Crippen MR) is 112 cm³/mol. The van der Waals surface area contributed by atoms with E-state index < -0.39 is 6.36 Å². The zero-order valence-corrected chi connectivity index (χ0v) is 18.3. The van der Waals surface area contributed by atoms with Crippen molar-refractivity contribution in [3.8, 4) is 5.75 Å². The van der Waals surface area contributed by atoms with Crippen LogP contribution in [0.1, 0.15) is 28.1 Å². The Morgan fingerprint density at radius 1 is 1.22 bits per heavy atom. The molecule has 0 aliphatic carbocycles. The molecule has 0 aliphatic heterocycles. The minimum atomic E-state index is -4.73. The molecule has 10 heteroatoms. The van der Waals surface area contributed by atoms with Crippen LogP contribution in [0.25, 0.3) is 0 Å². The summed E-state index contributed by atoms with van der Waals surface area (Å²) in [4.78, 5) is 9.82. The average molecular weight is 514 g/mol. The first kappa shape index (κ1) is 23.5. The molecule has 5 nitrogen and oxygen atoms in total. The van der Waals surface area contributed by atoms with E-state index in [4.69, 9.17) is 0 Å². The normalized spacial score (nSPS) is 11.7. The average Bonchev–Trinajstić information content (AvgIpc) is 2.87. The molecule has 27 heavy (non-hydrogen) atoms. The van der Waals surface area contributed by atoms with E-state index in [-0.39, 0.29) is 36.3 Å². The summed E-state index contributed by atoms with van der Waals surface area (Å²) in [5.74, 6) is 0.272. The van der Waals surface area contributed by atoms with Crippen LogP contribution in [0.5, 0.6) is 5.75 Å². The first-order valence-corrected chi connectivity index (χ1v) is 8.89. The summed E-state index contributed by atoms with van der Waals surface area (Å²) in [6, 6.07) is 5.98. The number of nitrogens with one attached hydrogen (secondary N) is 2. The lowest BCUT2D eigenvalue weighted by molar-refractivity contribution is -0.274. The minimum absolute atomic E-state index is 0. The number of halogens is 4. The number of benzene rings is 1. The van der Waals surface area contributed by atoms with Crippen LogP contribution in [0.4, 0.5) is 13.2 Å². The maximum Gasteiger partial charge on any atom is 0.573 e. The van der Waals surface area contributed by atoms with E-state index in [0.717, 1.165) is 15.6 Å². The molecule has 0 saturated heterocycles. The molecule has 0 unspecified atom stereocenters. The molecule has 0 bridgehead atoms.